The molecule has 0 fully saturated rings. The third-order valence-electron chi connectivity index (χ3n) is 3.31. The van der Waals surface area contributed by atoms with Gasteiger partial charge in [-0.15, -0.1) is 11.3 Å². The van der Waals surface area contributed by atoms with Crippen molar-refractivity contribution in [3.05, 3.63) is 45.9 Å². The maximum Gasteiger partial charge on any atom is 0.124 e. The van der Waals surface area contributed by atoms with E-state index < -0.39 is 0 Å². The van der Waals surface area contributed by atoms with Crippen LogP contribution >= 0.6 is 11.3 Å². The molecule has 2 rings (SSSR count). The molecule has 1 atom stereocenters. The van der Waals surface area contributed by atoms with E-state index in [4.69, 9.17) is 4.74 Å². The van der Waals surface area contributed by atoms with Crippen LogP contribution < -0.4 is 10.1 Å². The minimum Gasteiger partial charge on any atom is -0.494 e. The predicted molar refractivity (Wildman–Crippen MR) is 89.2 cm³/mol. The Hall–Kier alpha value is -1.39. The van der Waals surface area contributed by atoms with Crippen molar-refractivity contribution in [1.82, 2.24) is 10.3 Å². The number of para-hydroxylation sites is 1. The Labute approximate surface area is 131 Å². The molecular formula is C17H24N2OS. The molecule has 0 saturated carbocycles. The number of hydrogen-bond donors (Lipinski definition) is 1. The third-order valence-corrected chi connectivity index (χ3v) is 4.14. The lowest BCUT2D eigenvalue weighted by Crippen LogP contribution is -2.24. The molecule has 0 aliphatic rings. The summed E-state index contributed by atoms with van der Waals surface area (Å²) in [6, 6.07) is 8.54. The van der Waals surface area contributed by atoms with Gasteiger partial charge in [0.1, 0.15) is 5.75 Å². The van der Waals surface area contributed by atoms with Crippen molar-refractivity contribution in [3.63, 3.8) is 0 Å². The lowest BCUT2D eigenvalue weighted by molar-refractivity contribution is 0.331. The van der Waals surface area contributed by atoms with E-state index in [2.05, 4.69) is 41.7 Å². The molecule has 0 aliphatic carbocycles. The zero-order valence-corrected chi connectivity index (χ0v) is 13.9. The monoisotopic (exact) mass is 304 g/mol. The first-order valence-electron chi connectivity index (χ1n) is 7.60. The summed E-state index contributed by atoms with van der Waals surface area (Å²) in [7, 11) is 0. The van der Waals surface area contributed by atoms with E-state index in [0.717, 1.165) is 35.8 Å². The first-order chi connectivity index (χ1) is 10.2. The van der Waals surface area contributed by atoms with E-state index in [0.29, 0.717) is 6.61 Å². The fourth-order valence-electron chi connectivity index (χ4n) is 2.38. The van der Waals surface area contributed by atoms with Gasteiger partial charge in [-0.1, -0.05) is 25.1 Å². The lowest BCUT2D eigenvalue weighted by Gasteiger charge is -2.21. The van der Waals surface area contributed by atoms with Crippen LogP contribution in [-0.2, 0) is 6.42 Å². The SMILES string of the molecule is CCCNC(Cc1csc(C)n1)c1ccccc1OCC. The Balaban J connectivity index is 2.22. The van der Waals surface area contributed by atoms with E-state index in [1.807, 2.05) is 19.1 Å². The van der Waals surface area contributed by atoms with Gasteiger partial charge in [0.05, 0.1) is 17.3 Å². The Morgan fingerprint density at radius 1 is 1.29 bits per heavy atom. The van der Waals surface area contributed by atoms with Gasteiger partial charge in [0.25, 0.3) is 0 Å². The second-order valence-electron chi connectivity index (χ2n) is 5.04. The first-order valence-corrected chi connectivity index (χ1v) is 8.48. The van der Waals surface area contributed by atoms with Gasteiger partial charge in [0, 0.05) is 23.4 Å². The average Bonchev–Trinajstić information content (AvgIpc) is 2.90. The highest BCUT2D eigenvalue weighted by Gasteiger charge is 2.17. The van der Waals surface area contributed by atoms with Gasteiger partial charge < -0.3 is 10.1 Å². The summed E-state index contributed by atoms with van der Waals surface area (Å²) >= 11 is 1.71. The fraction of sp³-hybridized carbons (Fsp3) is 0.471. The summed E-state index contributed by atoms with van der Waals surface area (Å²) in [5, 5.41) is 6.90. The van der Waals surface area contributed by atoms with Crippen molar-refractivity contribution in [2.75, 3.05) is 13.2 Å². The molecule has 114 valence electrons. The molecule has 0 amide bonds. The van der Waals surface area contributed by atoms with Crippen LogP contribution in [0.4, 0.5) is 0 Å². The van der Waals surface area contributed by atoms with Crippen LogP contribution in [0.3, 0.4) is 0 Å². The smallest absolute Gasteiger partial charge is 0.124 e. The molecule has 1 N–H and O–H groups in total. The molecule has 21 heavy (non-hydrogen) atoms. The maximum atomic E-state index is 5.78. The van der Waals surface area contributed by atoms with Gasteiger partial charge in [-0.05, 0) is 32.9 Å². The first kappa shape index (κ1) is 16.0. The number of ether oxygens (including phenoxy) is 1. The highest BCUT2D eigenvalue weighted by molar-refractivity contribution is 7.09. The molecule has 0 saturated heterocycles. The standard InChI is InChI=1S/C17H24N2OS/c1-4-10-18-16(11-14-12-21-13(3)19-14)15-8-6-7-9-17(15)20-5-2/h6-9,12,16,18H,4-5,10-11H2,1-3H3. The largest absolute Gasteiger partial charge is 0.494 e. The molecule has 3 nitrogen and oxygen atoms in total. The molecule has 2 aromatic rings. The van der Waals surface area contributed by atoms with Gasteiger partial charge >= 0.3 is 0 Å². The highest BCUT2D eigenvalue weighted by Crippen LogP contribution is 2.28. The molecule has 1 aromatic heterocycles. The third kappa shape index (κ3) is 4.55. The molecule has 0 radical (unpaired) electrons. The Kier molecular flexibility index (Phi) is 6.21. The minimum atomic E-state index is 0.245. The maximum absolute atomic E-state index is 5.78. The Morgan fingerprint density at radius 3 is 2.76 bits per heavy atom. The number of nitrogens with zero attached hydrogens (tertiary/aromatic N) is 1. The number of hydrogen-bond acceptors (Lipinski definition) is 4. The Morgan fingerprint density at radius 2 is 2.10 bits per heavy atom. The average molecular weight is 304 g/mol. The predicted octanol–water partition coefficient (Wildman–Crippen LogP) is 4.13. The summed E-state index contributed by atoms with van der Waals surface area (Å²) in [5.41, 5.74) is 2.37. The van der Waals surface area contributed by atoms with Crippen LogP contribution in [0.25, 0.3) is 0 Å². The normalized spacial score (nSPS) is 12.3. The lowest BCUT2D eigenvalue weighted by atomic mass is 10.0. The van der Waals surface area contributed by atoms with Gasteiger partial charge in [0.2, 0.25) is 0 Å². The van der Waals surface area contributed by atoms with Gasteiger partial charge in [-0.25, -0.2) is 4.98 Å². The van der Waals surface area contributed by atoms with E-state index >= 15 is 0 Å². The van der Waals surface area contributed by atoms with Gasteiger partial charge in [-0.3, -0.25) is 0 Å². The number of nitrogens with one attached hydrogen (secondary N) is 1. The van der Waals surface area contributed by atoms with Crippen LogP contribution in [0.15, 0.2) is 29.6 Å². The van der Waals surface area contributed by atoms with Crippen molar-refractivity contribution >= 4 is 11.3 Å². The van der Waals surface area contributed by atoms with E-state index in [1.54, 1.807) is 11.3 Å². The van der Waals surface area contributed by atoms with Crippen molar-refractivity contribution in [2.24, 2.45) is 0 Å². The minimum absolute atomic E-state index is 0.245. The summed E-state index contributed by atoms with van der Waals surface area (Å²) in [4.78, 5) is 4.60. The summed E-state index contributed by atoms with van der Waals surface area (Å²) in [6.45, 7) is 7.94. The second-order valence-corrected chi connectivity index (χ2v) is 6.10. The molecule has 0 spiro atoms. The zero-order chi connectivity index (χ0) is 15.1. The topological polar surface area (TPSA) is 34.2 Å². The fourth-order valence-corrected chi connectivity index (χ4v) is 3.00. The number of aromatic nitrogens is 1. The van der Waals surface area contributed by atoms with Crippen LogP contribution in [-0.4, -0.2) is 18.1 Å². The number of rotatable bonds is 8. The molecular weight excluding hydrogens is 280 g/mol. The van der Waals surface area contributed by atoms with E-state index in [9.17, 15) is 0 Å². The number of benzene rings is 1. The zero-order valence-electron chi connectivity index (χ0n) is 13.1. The van der Waals surface area contributed by atoms with Crippen LogP contribution in [0.1, 0.15) is 42.6 Å². The Bertz CT molecular complexity index is 553. The number of aryl methyl sites for hydroxylation is 1. The molecule has 1 aromatic carbocycles. The number of thiazole rings is 1. The van der Waals surface area contributed by atoms with Crippen molar-refractivity contribution in [2.45, 2.75) is 39.7 Å². The quantitative estimate of drug-likeness (QED) is 0.796. The second kappa shape index (κ2) is 8.15. The molecule has 1 unspecified atom stereocenters. The van der Waals surface area contributed by atoms with Gasteiger partial charge in [-0.2, -0.15) is 0 Å². The summed E-state index contributed by atoms with van der Waals surface area (Å²) < 4.78 is 5.78. The van der Waals surface area contributed by atoms with E-state index in [1.165, 1.54) is 5.56 Å². The van der Waals surface area contributed by atoms with Crippen molar-refractivity contribution < 1.29 is 4.74 Å². The molecule has 0 aliphatic heterocycles. The van der Waals surface area contributed by atoms with Crippen LogP contribution in [0, 0.1) is 6.92 Å². The molecule has 0 bridgehead atoms. The summed E-state index contributed by atoms with van der Waals surface area (Å²) in [5.74, 6) is 0.973. The highest BCUT2D eigenvalue weighted by atomic mass is 32.1. The summed E-state index contributed by atoms with van der Waals surface area (Å²) in [6.07, 6.45) is 2.01. The van der Waals surface area contributed by atoms with Crippen molar-refractivity contribution in [1.29, 1.82) is 0 Å². The van der Waals surface area contributed by atoms with E-state index in [-0.39, 0.29) is 6.04 Å². The molecule has 1 heterocycles. The van der Waals surface area contributed by atoms with Crippen molar-refractivity contribution in [3.8, 4) is 5.75 Å². The molecule has 4 heteroatoms. The van der Waals surface area contributed by atoms with Gasteiger partial charge in [0.15, 0.2) is 0 Å². The van der Waals surface area contributed by atoms with Crippen LogP contribution in [0.2, 0.25) is 0 Å². The van der Waals surface area contributed by atoms with Crippen LogP contribution in [0.5, 0.6) is 5.75 Å².